The van der Waals surface area contributed by atoms with Gasteiger partial charge in [-0.2, -0.15) is 11.8 Å². The van der Waals surface area contributed by atoms with Gasteiger partial charge in [0.15, 0.2) is 0 Å². The van der Waals surface area contributed by atoms with Crippen LogP contribution in [0.15, 0.2) is 0 Å². The summed E-state index contributed by atoms with van der Waals surface area (Å²) in [5, 5.41) is 25.3. The first-order valence-electron chi connectivity index (χ1n) is 10.7. The number of carboxylic acids is 2. The molecule has 0 radical (unpaired) electrons. The number of thioether (sulfide) groups is 1. The standard InChI is InChI=1S/C20H35N5O8S/c1-4-10(2)16(22)19(31)23-11(7-8-34-3)17(29)25-13(9-15(27)28)18(30)24-12(20(32)33)5-6-14(21)26/h10-13,16H,4-9,22H2,1-3H3,(H2,21,26)(H,23,31)(H,24,30)(H,25,29)(H,27,28)(H,32,33). The summed E-state index contributed by atoms with van der Waals surface area (Å²) >= 11 is 1.41. The van der Waals surface area contributed by atoms with Crippen LogP contribution in [0.25, 0.3) is 0 Å². The van der Waals surface area contributed by atoms with E-state index in [0.717, 1.165) is 0 Å². The number of nitrogens with two attached hydrogens (primary N) is 2. The van der Waals surface area contributed by atoms with Crippen molar-refractivity contribution in [2.45, 2.75) is 70.1 Å². The van der Waals surface area contributed by atoms with Crippen LogP contribution in [0.5, 0.6) is 0 Å². The van der Waals surface area contributed by atoms with Crippen LogP contribution in [0, 0.1) is 5.92 Å². The van der Waals surface area contributed by atoms with Gasteiger partial charge in [-0.3, -0.25) is 24.0 Å². The lowest BCUT2D eigenvalue weighted by Gasteiger charge is -2.25. The zero-order valence-corrected chi connectivity index (χ0v) is 20.4. The van der Waals surface area contributed by atoms with E-state index in [4.69, 9.17) is 16.6 Å². The minimum atomic E-state index is -1.63. The number of primary amides is 1. The van der Waals surface area contributed by atoms with Crippen molar-refractivity contribution in [2.24, 2.45) is 17.4 Å². The number of nitrogens with one attached hydrogen (secondary N) is 3. The molecule has 5 atom stereocenters. The first kappa shape index (κ1) is 31.1. The SMILES string of the molecule is CCC(C)C(N)C(=O)NC(CCSC)C(=O)NC(CC(=O)O)C(=O)NC(CCC(N)=O)C(=O)O. The van der Waals surface area contributed by atoms with Crippen molar-refractivity contribution in [3.05, 3.63) is 0 Å². The lowest BCUT2D eigenvalue weighted by molar-refractivity contribution is -0.143. The summed E-state index contributed by atoms with van der Waals surface area (Å²) in [4.78, 5) is 71.5. The molecule has 0 heterocycles. The number of rotatable bonds is 17. The molecule has 13 nitrogen and oxygen atoms in total. The van der Waals surface area contributed by atoms with E-state index in [0.29, 0.717) is 12.2 Å². The molecule has 0 aliphatic carbocycles. The van der Waals surface area contributed by atoms with Crippen molar-refractivity contribution in [2.75, 3.05) is 12.0 Å². The van der Waals surface area contributed by atoms with Crippen LogP contribution in [-0.2, 0) is 28.8 Å². The van der Waals surface area contributed by atoms with Crippen molar-refractivity contribution in [3.8, 4) is 0 Å². The number of aliphatic carboxylic acids is 2. The highest BCUT2D eigenvalue weighted by Crippen LogP contribution is 2.08. The van der Waals surface area contributed by atoms with Gasteiger partial charge in [-0.05, 0) is 30.8 Å². The first-order valence-corrected chi connectivity index (χ1v) is 12.1. The molecule has 0 bridgehead atoms. The van der Waals surface area contributed by atoms with Gasteiger partial charge in [-0.1, -0.05) is 20.3 Å². The maximum atomic E-state index is 12.9. The number of hydrogen-bond donors (Lipinski definition) is 7. The Kier molecular flexibility index (Phi) is 14.5. The molecule has 34 heavy (non-hydrogen) atoms. The van der Waals surface area contributed by atoms with Gasteiger partial charge in [-0.25, -0.2) is 4.79 Å². The van der Waals surface area contributed by atoms with Crippen LogP contribution < -0.4 is 27.4 Å². The van der Waals surface area contributed by atoms with E-state index in [1.165, 1.54) is 11.8 Å². The minimum Gasteiger partial charge on any atom is -0.481 e. The molecule has 0 spiro atoms. The lowest BCUT2D eigenvalue weighted by Crippen LogP contribution is -2.58. The van der Waals surface area contributed by atoms with Gasteiger partial charge in [0.2, 0.25) is 23.6 Å². The topological polar surface area (TPSA) is 231 Å². The second-order valence-electron chi connectivity index (χ2n) is 7.82. The number of hydrogen-bond acceptors (Lipinski definition) is 8. The van der Waals surface area contributed by atoms with E-state index in [9.17, 15) is 33.9 Å². The van der Waals surface area contributed by atoms with Crippen LogP contribution in [-0.4, -0.2) is 82.0 Å². The normalized spacial score (nSPS) is 15.2. The number of carbonyl (C=O) groups excluding carboxylic acids is 4. The molecule has 0 aromatic heterocycles. The molecule has 14 heteroatoms. The molecule has 9 N–H and O–H groups in total. The van der Waals surface area contributed by atoms with Gasteiger partial charge < -0.3 is 37.6 Å². The highest BCUT2D eigenvalue weighted by atomic mass is 32.2. The minimum absolute atomic E-state index is 0.150. The van der Waals surface area contributed by atoms with Crippen molar-refractivity contribution < 1.29 is 39.0 Å². The second kappa shape index (κ2) is 15.9. The van der Waals surface area contributed by atoms with Crippen LogP contribution in [0.4, 0.5) is 0 Å². The zero-order valence-electron chi connectivity index (χ0n) is 19.5. The Balaban J connectivity index is 5.52. The molecule has 0 aliphatic heterocycles. The van der Waals surface area contributed by atoms with Gasteiger partial charge in [0.25, 0.3) is 0 Å². The fraction of sp³-hybridized carbons (Fsp3) is 0.700. The predicted octanol–water partition coefficient (Wildman–Crippen LogP) is -1.61. The van der Waals surface area contributed by atoms with Crippen LogP contribution in [0.1, 0.15) is 46.0 Å². The molecular formula is C20H35N5O8S. The summed E-state index contributed by atoms with van der Waals surface area (Å²) in [5.41, 5.74) is 10.9. The molecule has 0 aromatic carbocycles. The van der Waals surface area contributed by atoms with Crippen LogP contribution >= 0.6 is 11.8 Å². The third kappa shape index (κ3) is 11.8. The first-order chi connectivity index (χ1) is 15.8. The second-order valence-corrected chi connectivity index (χ2v) is 8.80. The Hall–Kier alpha value is -2.87. The molecule has 0 saturated carbocycles. The van der Waals surface area contributed by atoms with Gasteiger partial charge >= 0.3 is 11.9 Å². The van der Waals surface area contributed by atoms with Crippen molar-refractivity contribution in [1.29, 1.82) is 0 Å². The smallest absolute Gasteiger partial charge is 0.326 e. The third-order valence-corrected chi connectivity index (χ3v) is 5.75. The van der Waals surface area contributed by atoms with Crippen LogP contribution in [0.3, 0.4) is 0 Å². The average molecular weight is 506 g/mol. The fourth-order valence-electron chi connectivity index (χ4n) is 2.76. The molecule has 0 rings (SSSR count). The highest BCUT2D eigenvalue weighted by molar-refractivity contribution is 7.98. The molecule has 0 saturated heterocycles. The number of amides is 4. The Bertz CT molecular complexity index is 750. The summed E-state index contributed by atoms with van der Waals surface area (Å²) in [6, 6.07) is -5.11. The quantitative estimate of drug-likeness (QED) is 0.119. The van der Waals surface area contributed by atoms with Crippen molar-refractivity contribution >= 4 is 47.3 Å². The number of carbonyl (C=O) groups is 6. The molecular weight excluding hydrogens is 470 g/mol. The predicted molar refractivity (Wildman–Crippen MR) is 125 cm³/mol. The third-order valence-electron chi connectivity index (χ3n) is 5.11. The van der Waals surface area contributed by atoms with Crippen molar-refractivity contribution in [1.82, 2.24) is 16.0 Å². The monoisotopic (exact) mass is 505 g/mol. The van der Waals surface area contributed by atoms with Crippen molar-refractivity contribution in [3.63, 3.8) is 0 Å². The molecule has 0 aromatic rings. The molecule has 0 fully saturated rings. The summed E-state index contributed by atoms with van der Waals surface area (Å²) in [7, 11) is 0. The maximum absolute atomic E-state index is 12.9. The fourth-order valence-corrected chi connectivity index (χ4v) is 3.23. The molecule has 0 aliphatic rings. The number of carboxylic acid groups (broad SMARTS) is 2. The van der Waals surface area contributed by atoms with Gasteiger partial charge in [-0.15, -0.1) is 0 Å². The summed E-state index contributed by atoms with van der Waals surface area (Å²) in [6.07, 6.45) is 1.13. The van der Waals surface area contributed by atoms with E-state index >= 15 is 0 Å². The molecule has 5 unspecified atom stereocenters. The highest BCUT2D eigenvalue weighted by Gasteiger charge is 2.32. The Morgan fingerprint density at radius 1 is 0.882 bits per heavy atom. The van der Waals surface area contributed by atoms with E-state index in [1.54, 1.807) is 13.2 Å². The average Bonchev–Trinajstić information content (AvgIpc) is 2.76. The molecule has 4 amide bonds. The zero-order chi connectivity index (χ0) is 26.4. The van der Waals surface area contributed by atoms with E-state index in [-0.39, 0.29) is 25.2 Å². The summed E-state index contributed by atoms with van der Waals surface area (Å²) in [6.45, 7) is 3.64. The molecule has 194 valence electrons. The summed E-state index contributed by atoms with van der Waals surface area (Å²) < 4.78 is 0. The van der Waals surface area contributed by atoms with Gasteiger partial charge in [0, 0.05) is 6.42 Å². The Morgan fingerprint density at radius 2 is 1.41 bits per heavy atom. The van der Waals surface area contributed by atoms with E-state index in [2.05, 4.69) is 16.0 Å². The van der Waals surface area contributed by atoms with Gasteiger partial charge in [0.05, 0.1) is 12.5 Å². The van der Waals surface area contributed by atoms with Crippen LogP contribution in [0.2, 0.25) is 0 Å². The maximum Gasteiger partial charge on any atom is 0.326 e. The Labute approximate surface area is 202 Å². The Morgan fingerprint density at radius 3 is 1.88 bits per heavy atom. The van der Waals surface area contributed by atoms with E-state index < -0.39 is 66.2 Å². The van der Waals surface area contributed by atoms with E-state index in [1.807, 2.05) is 6.92 Å². The van der Waals surface area contributed by atoms with Gasteiger partial charge in [0.1, 0.15) is 18.1 Å². The summed E-state index contributed by atoms with van der Waals surface area (Å²) in [5.74, 6) is -5.79. The lowest BCUT2D eigenvalue weighted by atomic mass is 9.99. The largest absolute Gasteiger partial charge is 0.481 e.